The highest BCUT2D eigenvalue weighted by Crippen LogP contribution is 2.40. The summed E-state index contributed by atoms with van der Waals surface area (Å²) in [5.74, 6) is -3.02. The number of hydrogen-bond donors (Lipinski definition) is 2. The molecule has 1 amide bonds. The van der Waals surface area contributed by atoms with Crippen molar-refractivity contribution in [2.75, 3.05) is 6.54 Å². The van der Waals surface area contributed by atoms with Gasteiger partial charge in [0.2, 0.25) is 15.9 Å². The number of primary amides is 1. The summed E-state index contributed by atoms with van der Waals surface area (Å²) < 4.78 is 53.7. The SMILES string of the molecule is CC1(C)CN(S(=O)(=O)c2cc(F)cc(F)c2)C(C(N)=O)c2[c]n[nH]c21. The van der Waals surface area contributed by atoms with Crippen LogP contribution >= 0.6 is 0 Å². The average molecular weight is 369 g/mol. The number of nitrogens with two attached hydrogens (primary N) is 1. The van der Waals surface area contributed by atoms with E-state index in [9.17, 15) is 22.0 Å². The van der Waals surface area contributed by atoms with Crippen LogP contribution in [0.15, 0.2) is 23.1 Å². The van der Waals surface area contributed by atoms with Crippen LogP contribution < -0.4 is 5.73 Å². The summed E-state index contributed by atoms with van der Waals surface area (Å²) in [6.45, 7) is 3.34. The number of halogens is 2. The molecule has 133 valence electrons. The third kappa shape index (κ3) is 2.81. The standard InChI is InChI=1S/C15H15F2N4O3S/c1-15(2)7-21(12(14(18)22)11-6-19-20-13(11)15)25(23,24)10-4-8(16)3-9(17)5-10/h3-5,12H,7H2,1-2H3,(H2,18,22)(H,19,20). The monoisotopic (exact) mass is 369 g/mol. The van der Waals surface area contributed by atoms with Crippen LogP contribution in [0.4, 0.5) is 8.78 Å². The zero-order valence-electron chi connectivity index (χ0n) is 13.4. The molecule has 1 radical (unpaired) electrons. The van der Waals surface area contributed by atoms with Crippen LogP contribution in [0.5, 0.6) is 0 Å². The van der Waals surface area contributed by atoms with Gasteiger partial charge < -0.3 is 5.73 Å². The number of nitrogens with zero attached hydrogens (tertiary/aromatic N) is 2. The second-order valence-corrected chi connectivity index (χ2v) is 8.36. The minimum atomic E-state index is -4.40. The summed E-state index contributed by atoms with van der Waals surface area (Å²) in [6.07, 6.45) is 2.56. The number of nitrogens with one attached hydrogen (secondary N) is 1. The fourth-order valence-electron chi connectivity index (χ4n) is 3.00. The predicted octanol–water partition coefficient (Wildman–Crippen LogP) is 0.997. The first-order valence-corrected chi connectivity index (χ1v) is 8.72. The van der Waals surface area contributed by atoms with E-state index in [2.05, 4.69) is 16.4 Å². The molecule has 0 aliphatic carbocycles. The van der Waals surface area contributed by atoms with Gasteiger partial charge in [0, 0.05) is 29.3 Å². The van der Waals surface area contributed by atoms with E-state index in [0.717, 1.165) is 4.31 Å². The number of aromatic nitrogens is 2. The van der Waals surface area contributed by atoms with Gasteiger partial charge in [-0.25, -0.2) is 17.2 Å². The Morgan fingerprint density at radius 3 is 2.52 bits per heavy atom. The second kappa shape index (κ2) is 5.60. The normalized spacial score (nSPS) is 20.2. The third-order valence-electron chi connectivity index (χ3n) is 4.11. The van der Waals surface area contributed by atoms with E-state index in [4.69, 9.17) is 5.73 Å². The Morgan fingerprint density at radius 1 is 1.36 bits per heavy atom. The molecule has 3 N–H and O–H groups in total. The number of rotatable bonds is 3. The molecule has 1 atom stereocenters. The number of carbonyl (C=O) groups is 1. The Morgan fingerprint density at radius 2 is 1.96 bits per heavy atom. The smallest absolute Gasteiger partial charge is 0.244 e. The summed E-state index contributed by atoms with van der Waals surface area (Å²) in [4.78, 5) is 11.4. The van der Waals surface area contributed by atoms with Crippen molar-refractivity contribution in [3.05, 3.63) is 47.3 Å². The van der Waals surface area contributed by atoms with Gasteiger partial charge in [-0.15, -0.1) is 0 Å². The summed E-state index contributed by atoms with van der Waals surface area (Å²) >= 11 is 0. The molecule has 1 aliphatic rings. The quantitative estimate of drug-likeness (QED) is 0.841. The largest absolute Gasteiger partial charge is 0.368 e. The minimum Gasteiger partial charge on any atom is -0.368 e. The average Bonchev–Trinajstić information content (AvgIpc) is 2.95. The van der Waals surface area contributed by atoms with E-state index in [1.54, 1.807) is 13.8 Å². The Kier molecular flexibility index (Phi) is 3.92. The maximum absolute atomic E-state index is 13.5. The Hall–Kier alpha value is -2.33. The van der Waals surface area contributed by atoms with Gasteiger partial charge in [-0.2, -0.15) is 9.40 Å². The van der Waals surface area contributed by atoms with Crippen molar-refractivity contribution in [2.24, 2.45) is 5.73 Å². The van der Waals surface area contributed by atoms with Crippen molar-refractivity contribution >= 4 is 15.9 Å². The molecule has 0 spiro atoms. The van der Waals surface area contributed by atoms with Gasteiger partial charge in [-0.3, -0.25) is 9.89 Å². The van der Waals surface area contributed by atoms with Crippen LogP contribution in [0, 0.1) is 17.8 Å². The number of hydrogen-bond acceptors (Lipinski definition) is 4. The Labute approximate surface area is 142 Å². The molecule has 1 aromatic carbocycles. The number of carbonyl (C=O) groups excluding carboxylic acids is 1. The van der Waals surface area contributed by atoms with Crippen molar-refractivity contribution in [1.82, 2.24) is 14.5 Å². The first-order chi connectivity index (χ1) is 11.5. The molecule has 3 rings (SSSR count). The number of aromatic amines is 1. The highest BCUT2D eigenvalue weighted by Gasteiger charge is 2.47. The van der Waals surface area contributed by atoms with Crippen LogP contribution in [-0.4, -0.2) is 35.4 Å². The van der Waals surface area contributed by atoms with Gasteiger partial charge in [0.05, 0.1) is 4.90 Å². The number of sulfonamides is 1. The van der Waals surface area contributed by atoms with Crippen LogP contribution in [0.25, 0.3) is 0 Å². The lowest BCUT2D eigenvalue weighted by molar-refractivity contribution is -0.122. The molecule has 2 aromatic rings. The summed E-state index contributed by atoms with van der Waals surface area (Å²) in [5, 5.41) is 6.46. The number of benzene rings is 1. The van der Waals surface area contributed by atoms with E-state index >= 15 is 0 Å². The summed E-state index contributed by atoms with van der Waals surface area (Å²) in [5.41, 5.74) is 5.39. The molecule has 7 nitrogen and oxygen atoms in total. The Balaban J connectivity index is 2.19. The van der Waals surface area contributed by atoms with Crippen LogP contribution in [0.2, 0.25) is 0 Å². The Bertz CT molecular complexity index is 935. The lowest BCUT2D eigenvalue weighted by Crippen LogP contribution is -2.51. The molecule has 25 heavy (non-hydrogen) atoms. The van der Waals surface area contributed by atoms with E-state index < -0.39 is 43.9 Å². The van der Waals surface area contributed by atoms with Gasteiger partial charge in [0.15, 0.2) is 0 Å². The predicted molar refractivity (Wildman–Crippen MR) is 82.6 cm³/mol. The lowest BCUT2D eigenvalue weighted by atomic mass is 9.81. The van der Waals surface area contributed by atoms with Gasteiger partial charge in [0.1, 0.15) is 23.9 Å². The van der Waals surface area contributed by atoms with Crippen LogP contribution in [0.1, 0.15) is 31.1 Å². The molecule has 0 bridgehead atoms. The molecule has 2 heterocycles. The van der Waals surface area contributed by atoms with E-state index in [1.807, 2.05) is 0 Å². The molecule has 1 unspecified atom stereocenters. The fraction of sp³-hybridized carbons (Fsp3) is 0.333. The topological polar surface area (TPSA) is 109 Å². The molecule has 0 saturated heterocycles. The van der Waals surface area contributed by atoms with Gasteiger partial charge in [0.25, 0.3) is 0 Å². The van der Waals surface area contributed by atoms with Gasteiger partial charge >= 0.3 is 0 Å². The number of amides is 1. The third-order valence-corrected chi connectivity index (χ3v) is 5.90. The van der Waals surface area contributed by atoms with Gasteiger partial charge in [-0.1, -0.05) is 13.8 Å². The van der Waals surface area contributed by atoms with Crippen LogP contribution in [0.3, 0.4) is 0 Å². The highest BCUT2D eigenvalue weighted by atomic mass is 32.2. The molecular formula is C15H15F2N4O3S. The fourth-order valence-corrected chi connectivity index (χ4v) is 4.77. The van der Waals surface area contributed by atoms with Crippen molar-refractivity contribution in [1.29, 1.82) is 0 Å². The van der Waals surface area contributed by atoms with Gasteiger partial charge in [-0.05, 0) is 12.1 Å². The minimum absolute atomic E-state index is 0.135. The zero-order valence-corrected chi connectivity index (χ0v) is 14.2. The summed E-state index contributed by atoms with van der Waals surface area (Å²) in [6, 6.07) is 0.570. The van der Waals surface area contributed by atoms with Crippen molar-refractivity contribution in [2.45, 2.75) is 30.2 Å². The second-order valence-electron chi connectivity index (χ2n) is 6.47. The summed E-state index contributed by atoms with van der Waals surface area (Å²) in [7, 11) is -4.40. The zero-order chi connectivity index (χ0) is 18.6. The van der Waals surface area contributed by atoms with Crippen molar-refractivity contribution in [3.8, 4) is 0 Å². The molecule has 10 heteroatoms. The number of H-pyrrole nitrogens is 1. The first-order valence-electron chi connectivity index (χ1n) is 7.28. The molecular weight excluding hydrogens is 354 g/mol. The van der Waals surface area contributed by atoms with E-state index in [1.165, 1.54) is 0 Å². The number of fused-ring (bicyclic) bond motifs is 1. The molecule has 1 aromatic heterocycles. The van der Waals surface area contributed by atoms with Crippen LogP contribution in [-0.2, 0) is 20.2 Å². The van der Waals surface area contributed by atoms with E-state index in [-0.39, 0.29) is 12.1 Å². The first kappa shape index (κ1) is 17.5. The molecule has 1 aliphatic heterocycles. The molecule has 0 fully saturated rings. The maximum atomic E-state index is 13.5. The van der Waals surface area contributed by atoms with Crippen molar-refractivity contribution < 1.29 is 22.0 Å². The van der Waals surface area contributed by atoms with E-state index in [0.29, 0.717) is 23.9 Å². The van der Waals surface area contributed by atoms with Crippen molar-refractivity contribution in [3.63, 3.8) is 0 Å². The lowest BCUT2D eigenvalue weighted by Gasteiger charge is -2.40. The highest BCUT2D eigenvalue weighted by molar-refractivity contribution is 7.89. The molecule has 0 saturated carbocycles. The maximum Gasteiger partial charge on any atom is 0.244 e.